The van der Waals surface area contributed by atoms with Crippen molar-refractivity contribution < 1.29 is 4.79 Å². The summed E-state index contributed by atoms with van der Waals surface area (Å²) in [5.41, 5.74) is -0.188. The number of aromatic nitrogens is 3. The van der Waals surface area contributed by atoms with Gasteiger partial charge in [-0.15, -0.1) is 21.5 Å². The molecule has 7 heteroatoms. The number of thiophene rings is 1. The fourth-order valence-corrected chi connectivity index (χ4v) is 3.61. The lowest BCUT2D eigenvalue weighted by Crippen LogP contribution is -2.46. The van der Waals surface area contributed by atoms with Gasteiger partial charge in [-0.1, -0.05) is 24.8 Å². The molecule has 126 valence electrons. The second-order valence-electron chi connectivity index (χ2n) is 6.01. The number of nitrogens with one attached hydrogen (secondary N) is 1. The van der Waals surface area contributed by atoms with Crippen LogP contribution in [-0.2, 0) is 11.3 Å². The zero-order chi connectivity index (χ0) is 17.0. The Morgan fingerprint density at radius 3 is 2.74 bits per heavy atom. The lowest BCUT2D eigenvalue weighted by Gasteiger charge is -2.26. The lowest BCUT2D eigenvalue weighted by molar-refractivity contribution is -0.121. The Morgan fingerprint density at radius 1 is 1.43 bits per heavy atom. The van der Waals surface area contributed by atoms with Gasteiger partial charge in [-0.3, -0.25) is 4.79 Å². The highest BCUT2D eigenvalue weighted by Gasteiger charge is 2.24. The third-order valence-electron chi connectivity index (χ3n) is 3.77. The van der Waals surface area contributed by atoms with Gasteiger partial charge >= 0.3 is 0 Å². The maximum atomic E-state index is 12.4. The number of hydrogen-bond donors (Lipinski definition) is 1. The molecule has 0 saturated heterocycles. The summed E-state index contributed by atoms with van der Waals surface area (Å²) in [6, 6.07) is 4.04. The van der Waals surface area contributed by atoms with Gasteiger partial charge in [0.15, 0.2) is 11.0 Å². The second-order valence-corrected chi connectivity index (χ2v) is 8.27. The summed E-state index contributed by atoms with van der Waals surface area (Å²) < 4.78 is 2.06. The van der Waals surface area contributed by atoms with E-state index in [2.05, 4.69) is 33.9 Å². The highest BCUT2D eigenvalue weighted by molar-refractivity contribution is 8.00. The Labute approximate surface area is 145 Å². The van der Waals surface area contributed by atoms with Crippen molar-refractivity contribution >= 4 is 29.0 Å². The van der Waals surface area contributed by atoms with Crippen LogP contribution in [0.5, 0.6) is 0 Å². The minimum atomic E-state index is -0.216. The van der Waals surface area contributed by atoms with E-state index in [1.165, 1.54) is 11.8 Å². The molecule has 0 spiro atoms. The lowest BCUT2D eigenvalue weighted by atomic mass is 10.0. The van der Waals surface area contributed by atoms with Gasteiger partial charge in [0.25, 0.3) is 0 Å². The first-order valence-electron chi connectivity index (χ1n) is 7.83. The smallest absolute Gasteiger partial charge is 0.233 e. The number of nitrogens with zero attached hydrogens (tertiary/aromatic N) is 3. The average Bonchev–Trinajstić information content (AvgIpc) is 3.15. The normalized spacial score (nSPS) is 13.1. The van der Waals surface area contributed by atoms with Crippen molar-refractivity contribution in [3.05, 3.63) is 17.5 Å². The molecule has 23 heavy (non-hydrogen) atoms. The van der Waals surface area contributed by atoms with Gasteiger partial charge in [0.1, 0.15) is 0 Å². The summed E-state index contributed by atoms with van der Waals surface area (Å²) in [5, 5.41) is 14.3. The van der Waals surface area contributed by atoms with Crippen LogP contribution < -0.4 is 5.32 Å². The van der Waals surface area contributed by atoms with Crippen molar-refractivity contribution in [2.45, 2.75) is 63.5 Å². The molecule has 0 aliphatic carbocycles. The monoisotopic (exact) mass is 352 g/mol. The summed E-state index contributed by atoms with van der Waals surface area (Å²) in [5.74, 6) is 0.900. The summed E-state index contributed by atoms with van der Waals surface area (Å²) in [6.45, 7) is 10.9. The fourth-order valence-electron chi connectivity index (χ4n) is 1.98. The number of hydrogen-bond acceptors (Lipinski definition) is 5. The molecule has 0 fully saturated rings. The van der Waals surface area contributed by atoms with Crippen molar-refractivity contribution in [2.75, 3.05) is 0 Å². The van der Waals surface area contributed by atoms with Gasteiger partial charge in [0.05, 0.1) is 10.1 Å². The number of rotatable bonds is 7. The molecule has 2 aromatic heterocycles. The van der Waals surface area contributed by atoms with Crippen LogP contribution in [-0.4, -0.2) is 31.5 Å². The minimum absolute atomic E-state index is 0.0326. The maximum Gasteiger partial charge on any atom is 0.233 e. The van der Waals surface area contributed by atoms with Crippen molar-refractivity contribution in [2.24, 2.45) is 0 Å². The van der Waals surface area contributed by atoms with Crippen LogP contribution in [0, 0.1) is 0 Å². The van der Waals surface area contributed by atoms with Gasteiger partial charge in [-0.25, -0.2) is 0 Å². The zero-order valence-corrected chi connectivity index (χ0v) is 15.9. The molecule has 1 N–H and O–H groups in total. The molecule has 1 amide bonds. The van der Waals surface area contributed by atoms with E-state index in [0.717, 1.165) is 28.8 Å². The summed E-state index contributed by atoms with van der Waals surface area (Å²) in [6.07, 6.45) is 0.893. The molecule has 2 aromatic rings. The Kier molecular flexibility index (Phi) is 5.86. The van der Waals surface area contributed by atoms with Crippen molar-refractivity contribution in [3.8, 4) is 10.7 Å². The molecule has 0 radical (unpaired) electrons. The SMILES string of the molecule is CCn1c(SC(C)C(=O)NC(C)(C)CC)nnc1-c1cccs1. The largest absolute Gasteiger partial charge is 0.350 e. The van der Waals surface area contributed by atoms with E-state index in [4.69, 9.17) is 0 Å². The first kappa shape index (κ1) is 18.0. The molecule has 1 unspecified atom stereocenters. The number of thioether (sulfide) groups is 1. The van der Waals surface area contributed by atoms with Crippen molar-refractivity contribution in [1.82, 2.24) is 20.1 Å². The standard InChI is InChI=1S/C16H24N4OS2/c1-6-16(4,5)17-14(21)11(3)23-15-19-18-13(20(15)7-2)12-9-8-10-22-12/h8-11H,6-7H2,1-5H3,(H,17,21). The average molecular weight is 353 g/mol. The Morgan fingerprint density at radius 2 is 2.17 bits per heavy atom. The van der Waals surface area contributed by atoms with Gasteiger partial charge < -0.3 is 9.88 Å². The highest BCUT2D eigenvalue weighted by atomic mass is 32.2. The van der Waals surface area contributed by atoms with Crippen LogP contribution in [0.1, 0.15) is 41.0 Å². The number of amides is 1. The van der Waals surface area contributed by atoms with E-state index in [1.54, 1.807) is 11.3 Å². The molecule has 0 bridgehead atoms. The summed E-state index contributed by atoms with van der Waals surface area (Å²) >= 11 is 3.10. The summed E-state index contributed by atoms with van der Waals surface area (Å²) in [4.78, 5) is 13.5. The molecule has 0 saturated carbocycles. The molecule has 1 atom stereocenters. The first-order chi connectivity index (χ1) is 10.9. The predicted octanol–water partition coefficient (Wildman–Crippen LogP) is 3.81. The van der Waals surface area contributed by atoms with Crippen molar-refractivity contribution in [1.29, 1.82) is 0 Å². The zero-order valence-electron chi connectivity index (χ0n) is 14.3. The third-order valence-corrected chi connectivity index (χ3v) is 5.72. The highest BCUT2D eigenvalue weighted by Crippen LogP contribution is 2.29. The molecule has 2 heterocycles. The van der Waals surface area contributed by atoms with E-state index < -0.39 is 0 Å². The van der Waals surface area contributed by atoms with Crippen LogP contribution in [0.4, 0.5) is 0 Å². The predicted molar refractivity (Wildman–Crippen MR) is 96.8 cm³/mol. The Balaban J connectivity index is 2.12. The third kappa shape index (κ3) is 4.35. The van der Waals surface area contributed by atoms with E-state index in [1.807, 2.05) is 38.3 Å². The van der Waals surface area contributed by atoms with Gasteiger partial charge in [-0.2, -0.15) is 0 Å². The second kappa shape index (κ2) is 7.49. The van der Waals surface area contributed by atoms with Crippen LogP contribution in [0.3, 0.4) is 0 Å². The molecular formula is C16H24N4OS2. The molecule has 0 aliphatic heterocycles. The van der Waals surface area contributed by atoms with Crippen LogP contribution in [0.25, 0.3) is 10.7 Å². The van der Waals surface area contributed by atoms with E-state index in [9.17, 15) is 4.79 Å². The van der Waals surface area contributed by atoms with Crippen LogP contribution in [0.2, 0.25) is 0 Å². The molecule has 2 rings (SSSR count). The molecule has 5 nitrogen and oxygen atoms in total. The Hall–Kier alpha value is -1.34. The summed E-state index contributed by atoms with van der Waals surface area (Å²) in [7, 11) is 0. The van der Waals surface area contributed by atoms with E-state index >= 15 is 0 Å². The topological polar surface area (TPSA) is 59.8 Å². The quantitative estimate of drug-likeness (QED) is 0.770. The number of carbonyl (C=O) groups is 1. The molecule has 0 aliphatic rings. The maximum absolute atomic E-state index is 12.4. The minimum Gasteiger partial charge on any atom is -0.350 e. The van der Waals surface area contributed by atoms with Gasteiger partial charge in [-0.05, 0) is 45.6 Å². The van der Waals surface area contributed by atoms with Crippen molar-refractivity contribution in [3.63, 3.8) is 0 Å². The first-order valence-corrected chi connectivity index (χ1v) is 9.59. The van der Waals surface area contributed by atoms with Crippen LogP contribution in [0.15, 0.2) is 22.7 Å². The molecule has 0 aromatic carbocycles. The van der Waals surface area contributed by atoms with Gasteiger partial charge in [0, 0.05) is 12.1 Å². The Bertz CT molecular complexity index is 649. The van der Waals surface area contributed by atoms with E-state index in [0.29, 0.717) is 0 Å². The van der Waals surface area contributed by atoms with Crippen LogP contribution >= 0.6 is 23.1 Å². The fraction of sp³-hybridized carbons (Fsp3) is 0.562. The van der Waals surface area contributed by atoms with Gasteiger partial charge in [0.2, 0.25) is 5.91 Å². The number of carbonyl (C=O) groups excluding carboxylic acids is 1. The molecular weight excluding hydrogens is 328 g/mol. The van der Waals surface area contributed by atoms with E-state index in [-0.39, 0.29) is 16.7 Å².